The number of likely N-dealkylation sites (tertiary alicyclic amines) is 1. The molecule has 0 amide bonds. The molecule has 1 aliphatic rings. The molecule has 1 aromatic heterocycles. The SMILES string of the molecule is COc1cc(C)c2[nH]ccc2c1C(F)N1CC[C@H](OCCF)C[C@H]1c1ccc(C(=O)O)cc1. The van der Waals surface area contributed by atoms with Gasteiger partial charge in [-0.25, -0.2) is 13.6 Å². The number of aromatic nitrogens is 1. The molecule has 3 aromatic rings. The fourth-order valence-electron chi connectivity index (χ4n) is 4.74. The minimum atomic E-state index is -1.47. The molecule has 4 rings (SSSR count). The molecule has 0 radical (unpaired) electrons. The van der Waals surface area contributed by atoms with Crippen LogP contribution in [0.25, 0.3) is 10.9 Å². The fraction of sp³-hybridized carbons (Fsp3) is 0.400. The van der Waals surface area contributed by atoms with Crippen molar-refractivity contribution in [3.63, 3.8) is 0 Å². The quantitative estimate of drug-likeness (QED) is 0.446. The average molecular weight is 459 g/mol. The molecule has 0 spiro atoms. The number of H-pyrrole nitrogens is 1. The first-order valence-corrected chi connectivity index (χ1v) is 11.0. The molecular formula is C25H28F2N2O4. The van der Waals surface area contributed by atoms with Gasteiger partial charge in [-0.15, -0.1) is 0 Å². The van der Waals surface area contributed by atoms with Crippen LogP contribution in [0, 0.1) is 6.92 Å². The van der Waals surface area contributed by atoms with E-state index in [-0.39, 0.29) is 24.3 Å². The lowest BCUT2D eigenvalue weighted by Gasteiger charge is -2.41. The Balaban J connectivity index is 1.72. The van der Waals surface area contributed by atoms with Crippen molar-refractivity contribution in [3.8, 4) is 5.75 Å². The second-order valence-electron chi connectivity index (χ2n) is 8.30. The van der Waals surface area contributed by atoms with Crippen molar-refractivity contribution in [3.05, 3.63) is 64.8 Å². The van der Waals surface area contributed by atoms with Gasteiger partial charge in [0, 0.05) is 29.7 Å². The van der Waals surface area contributed by atoms with Crippen LogP contribution in [-0.2, 0) is 4.74 Å². The Morgan fingerprint density at radius 1 is 1.30 bits per heavy atom. The molecular weight excluding hydrogens is 430 g/mol. The molecule has 33 heavy (non-hydrogen) atoms. The van der Waals surface area contributed by atoms with Gasteiger partial charge in [0.1, 0.15) is 12.4 Å². The molecule has 3 atom stereocenters. The molecule has 0 bridgehead atoms. The van der Waals surface area contributed by atoms with E-state index >= 15 is 4.39 Å². The minimum Gasteiger partial charge on any atom is -0.496 e. The highest BCUT2D eigenvalue weighted by molar-refractivity contribution is 5.88. The number of nitrogens with one attached hydrogen (secondary N) is 1. The topological polar surface area (TPSA) is 74.8 Å². The van der Waals surface area contributed by atoms with Crippen molar-refractivity contribution in [2.75, 3.05) is 26.9 Å². The van der Waals surface area contributed by atoms with Gasteiger partial charge in [0.05, 0.1) is 30.9 Å². The number of carboxylic acids is 1. The van der Waals surface area contributed by atoms with Crippen molar-refractivity contribution in [1.29, 1.82) is 0 Å². The van der Waals surface area contributed by atoms with Crippen LogP contribution in [0.3, 0.4) is 0 Å². The highest BCUT2D eigenvalue weighted by Crippen LogP contribution is 2.44. The van der Waals surface area contributed by atoms with Crippen LogP contribution in [0.2, 0.25) is 0 Å². The number of hydrogen-bond acceptors (Lipinski definition) is 4. The smallest absolute Gasteiger partial charge is 0.335 e. The van der Waals surface area contributed by atoms with Gasteiger partial charge in [-0.2, -0.15) is 0 Å². The van der Waals surface area contributed by atoms with E-state index in [1.807, 2.05) is 19.1 Å². The summed E-state index contributed by atoms with van der Waals surface area (Å²) in [7, 11) is 1.53. The molecule has 8 heteroatoms. The maximum atomic E-state index is 16.4. The first kappa shape index (κ1) is 23.2. The van der Waals surface area contributed by atoms with Gasteiger partial charge in [0.15, 0.2) is 6.30 Å². The summed E-state index contributed by atoms with van der Waals surface area (Å²) in [5, 5.41) is 9.99. The number of ether oxygens (including phenoxy) is 2. The van der Waals surface area contributed by atoms with Crippen LogP contribution in [0.4, 0.5) is 8.78 Å². The summed E-state index contributed by atoms with van der Waals surface area (Å²) in [6.07, 6.45) is 1.14. The Bertz CT molecular complexity index is 1120. The number of aromatic carboxylic acids is 1. The van der Waals surface area contributed by atoms with Crippen LogP contribution in [-0.4, -0.2) is 54.0 Å². The molecule has 1 aliphatic heterocycles. The standard InChI is InChI=1S/C25H28F2N2O4/c1-15-13-21(32-2)22(19-7-10-28-23(15)19)24(27)29-11-8-18(33-12-9-26)14-20(29)16-3-5-17(6-4-16)25(30)31/h3-7,10,13,18,20,24,28H,8-9,11-12,14H2,1-2H3,(H,30,31)/t18-,20-,24?/m0/s1. The van der Waals surface area contributed by atoms with Crippen molar-refractivity contribution in [1.82, 2.24) is 9.88 Å². The molecule has 1 unspecified atom stereocenters. The number of fused-ring (bicyclic) bond motifs is 1. The number of methoxy groups -OCH3 is 1. The molecule has 1 saturated heterocycles. The Morgan fingerprint density at radius 3 is 2.73 bits per heavy atom. The van der Waals surface area contributed by atoms with Gasteiger partial charge in [-0.1, -0.05) is 12.1 Å². The number of benzene rings is 2. The number of rotatable bonds is 8. The summed E-state index contributed by atoms with van der Waals surface area (Å²) in [6, 6.07) is 9.77. The maximum Gasteiger partial charge on any atom is 0.335 e. The number of carboxylic acid groups (broad SMARTS) is 1. The number of piperidine rings is 1. The summed E-state index contributed by atoms with van der Waals surface area (Å²) in [6.45, 7) is 1.77. The zero-order valence-corrected chi connectivity index (χ0v) is 18.7. The number of aryl methyl sites for hydroxylation is 1. The number of hydrogen-bond donors (Lipinski definition) is 2. The van der Waals surface area contributed by atoms with E-state index in [0.717, 1.165) is 22.0 Å². The van der Waals surface area contributed by atoms with Gasteiger partial charge in [0.2, 0.25) is 0 Å². The fourth-order valence-corrected chi connectivity index (χ4v) is 4.74. The lowest BCUT2D eigenvalue weighted by atomic mass is 9.91. The van der Waals surface area contributed by atoms with Crippen molar-refractivity contribution < 1.29 is 28.2 Å². The third kappa shape index (κ3) is 4.58. The number of halogens is 2. The first-order valence-electron chi connectivity index (χ1n) is 11.0. The zero-order chi connectivity index (χ0) is 23.5. The van der Waals surface area contributed by atoms with Gasteiger partial charge >= 0.3 is 5.97 Å². The van der Waals surface area contributed by atoms with E-state index in [1.165, 1.54) is 19.2 Å². The van der Waals surface area contributed by atoms with E-state index in [4.69, 9.17) is 9.47 Å². The van der Waals surface area contributed by atoms with E-state index in [9.17, 15) is 14.3 Å². The predicted octanol–water partition coefficient (Wildman–Crippen LogP) is 5.34. The minimum absolute atomic E-state index is 0.00412. The zero-order valence-electron chi connectivity index (χ0n) is 18.7. The third-order valence-electron chi connectivity index (χ3n) is 6.36. The summed E-state index contributed by atoms with van der Waals surface area (Å²) >= 11 is 0. The molecule has 2 N–H and O–H groups in total. The van der Waals surface area contributed by atoms with Crippen molar-refractivity contribution in [2.45, 2.75) is 38.2 Å². The summed E-state index contributed by atoms with van der Waals surface area (Å²) in [4.78, 5) is 16.2. The monoisotopic (exact) mass is 458 g/mol. The second-order valence-corrected chi connectivity index (χ2v) is 8.30. The molecule has 0 saturated carbocycles. The molecule has 2 aromatic carbocycles. The summed E-state index contributed by atoms with van der Waals surface area (Å²) < 4.78 is 40.3. The van der Waals surface area contributed by atoms with Gasteiger partial charge in [-0.05, 0) is 55.2 Å². The van der Waals surface area contributed by atoms with Gasteiger partial charge < -0.3 is 19.6 Å². The Kier molecular flexibility index (Phi) is 6.95. The predicted molar refractivity (Wildman–Crippen MR) is 121 cm³/mol. The summed E-state index contributed by atoms with van der Waals surface area (Å²) in [5.41, 5.74) is 3.22. The van der Waals surface area contributed by atoms with Crippen LogP contribution >= 0.6 is 0 Å². The Labute approximate surface area is 191 Å². The van der Waals surface area contributed by atoms with Crippen molar-refractivity contribution >= 4 is 16.9 Å². The normalized spacial score (nSPS) is 20.1. The number of carbonyl (C=O) groups is 1. The van der Waals surface area contributed by atoms with Crippen LogP contribution in [0.1, 0.15) is 52.2 Å². The molecule has 176 valence electrons. The van der Waals surface area contributed by atoms with Crippen LogP contribution < -0.4 is 4.74 Å². The molecule has 0 aliphatic carbocycles. The highest BCUT2D eigenvalue weighted by atomic mass is 19.1. The van der Waals surface area contributed by atoms with Crippen LogP contribution in [0.5, 0.6) is 5.75 Å². The number of alkyl halides is 2. The lowest BCUT2D eigenvalue weighted by Crippen LogP contribution is -2.41. The van der Waals surface area contributed by atoms with Crippen molar-refractivity contribution in [2.24, 2.45) is 0 Å². The molecule has 6 nitrogen and oxygen atoms in total. The first-order chi connectivity index (χ1) is 15.9. The van der Waals surface area contributed by atoms with Crippen LogP contribution in [0.15, 0.2) is 42.6 Å². The van der Waals surface area contributed by atoms with E-state index in [2.05, 4.69) is 4.98 Å². The second kappa shape index (κ2) is 9.89. The largest absolute Gasteiger partial charge is 0.496 e. The number of aromatic amines is 1. The van der Waals surface area contributed by atoms with Gasteiger partial charge in [-0.3, -0.25) is 4.90 Å². The molecule has 1 fully saturated rings. The third-order valence-corrected chi connectivity index (χ3v) is 6.36. The van der Waals surface area contributed by atoms with E-state index in [0.29, 0.717) is 30.7 Å². The molecule has 2 heterocycles. The van der Waals surface area contributed by atoms with E-state index < -0.39 is 18.9 Å². The lowest BCUT2D eigenvalue weighted by molar-refractivity contribution is -0.0582. The Morgan fingerprint density at radius 2 is 2.06 bits per heavy atom. The van der Waals surface area contributed by atoms with E-state index in [1.54, 1.807) is 23.2 Å². The summed E-state index contributed by atoms with van der Waals surface area (Å²) in [5.74, 6) is -0.545. The number of nitrogens with zero attached hydrogens (tertiary/aromatic N) is 1. The van der Waals surface area contributed by atoms with Gasteiger partial charge in [0.25, 0.3) is 0 Å². The Hall–Kier alpha value is -2.97. The average Bonchev–Trinajstić information content (AvgIpc) is 3.32. The highest BCUT2D eigenvalue weighted by Gasteiger charge is 2.37. The maximum absolute atomic E-state index is 16.4.